The number of likely N-dealkylation sites (tertiary alicyclic amines) is 1. The zero-order chi connectivity index (χ0) is 24.4. The third-order valence-corrected chi connectivity index (χ3v) is 8.17. The van der Waals surface area contributed by atoms with Crippen LogP contribution in [0.3, 0.4) is 0 Å². The highest BCUT2D eigenvalue weighted by Gasteiger charge is 2.45. The summed E-state index contributed by atoms with van der Waals surface area (Å²) in [7, 11) is -4.14. The number of benzene rings is 1. The van der Waals surface area contributed by atoms with E-state index in [2.05, 4.69) is 5.32 Å². The highest BCUT2D eigenvalue weighted by atomic mass is 32.2. The monoisotopic (exact) mass is 489 g/mol. The molecule has 1 aliphatic carbocycles. The maximum atomic E-state index is 13.5. The first kappa shape index (κ1) is 26.0. The molecule has 2 atom stereocenters. The van der Waals surface area contributed by atoms with Crippen LogP contribution in [0.4, 0.5) is 13.2 Å². The first-order valence-electron chi connectivity index (χ1n) is 11.7. The number of carbonyl (C=O) groups is 1. The lowest BCUT2D eigenvalue weighted by molar-refractivity contribution is -0.138. The van der Waals surface area contributed by atoms with E-state index in [4.69, 9.17) is 0 Å². The number of sulfonamides is 1. The van der Waals surface area contributed by atoms with Crippen molar-refractivity contribution in [3.05, 3.63) is 29.8 Å². The van der Waals surface area contributed by atoms with Gasteiger partial charge in [-0.25, -0.2) is 8.42 Å². The van der Waals surface area contributed by atoms with Gasteiger partial charge in [-0.05, 0) is 62.8 Å². The third-order valence-electron chi connectivity index (χ3n) is 6.17. The molecule has 0 radical (unpaired) electrons. The van der Waals surface area contributed by atoms with Gasteiger partial charge in [-0.2, -0.15) is 17.5 Å². The Morgan fingerprint density at radius 1 is 1.21 bits per heavy atom. The maximum absolute atomic E-state index is 13.5. The summed E-state index contributed by atoms with van der Waals surface area (Å²) in [5.41, 5.74) is -0.984. The zero-order valence-electron chi connectivity index (χ0n) is 19.4. The first-order valence-corrected chi connectivity index (χ1v) is 13.1. The summed E-state index contributed by atoms with van der Waals surface area (Å²) in [5, 5.41) is 3.24. The fourth-order valence-electron chi connectivity index (χ4n) is 4.55. The Kier molecular flexibility index (Phi) is 8.11. The minimum atomic E-state index is -4.62. The van der Waals surface area contributed by atoms with Crippen molar-refractivity contribution in [3.8, 4) is 0 Å². The second kappa shape index (κ2) is 10.3. The molecule has 1 aromatic rings. The summed E-state index contributed by atoms with van der Waals surface area (Å²) >= 11 is 0. The van der Waals surface area contributed by atoms with Crippen molar-refractivity contribution in [1.29, 1.82) is 0 Å². The molecule has 10 heteroatoms. The summed E-state index contributed by atoms with van der Waals surface area (Å²) in [5.74, 6) is 0.283. The number of hydrogen-bond donors (Lipinski definition) is 1. The number of piperidine rings is 1. The summed E-state index contributed by atoms with van der Waals surface area (Å²) in [6, 6.07) is 2.92. The van der Waals surface area contributed by atoms with E-state index in [0.29, 0.717) is 57.2 Å². The van der Waals surface area contributed by atoms with Gasteiger partial charge >= 0.3 is 6.18 Å². The first-order chi connectivity index (χ1) is 15.4. The van der Waals surface area contributed by atoms with E-state index in [1.54, 1.807) is 4.90 Å². The average molecular weight is 490 g/mol. The van der Waals surface area contributed by atoms with Crippen molar-refractivity contribution in [2.24, 2.45) is 5.92 Å². The van der Waals surface area contributed by atoms with Gasteiger partial charge in [0.1, 0.15) is 0 Å². The van der Waals surface area contributed by atoms with Crippen LogP contribution in [0.25, 0.3) is 0 Å². The normalized spacial score (nSPS) is 21.0. The molecule has 2 unspecified atom stereocenters. The maximum Gasteiger partial charge on any atom is 0.416 e. The molecule has 1 aromatic carbocycles. The Hall–Kier alpha value is -1.65. The second-order valence-corrected chi connectivity index (χ2v) is 11.3. The summed E-state index contributed by atoms with van der Waals surface area (Å²) in [4.78, 5) is 14.6. The van der Waals surface area contributed by atoms with Gasteiger partial charge in [0.25, 0.3) is 0 Å². The van der Waals surface area contributed by atoms with E-state index in [9.17, 15) is 26.4 Å². The number of rotatable bonds is 9. The summed E-state index contributed by atoms with van der Waals surface area (Å²) in [6.07, 6.45) is -1.36. The molecule has 1 saturated heterocycles. The Labute approximate surface area is 194 Å². The van der Waals surface area contributed by atoms with Gasteiger partial charge in [0, 0.05) is 25.2 Å². The van der Waals surface area contributed by atoms with Gasteiger partial charge in [-0.3, -0.25) is 4.79 Å². The molecule has 186 valence electrons. The van der Waals surface area contributed by atoms with E-state index in [1.165, 1.54) is 10.4 Å². The fraction of sp³-hybridized carbons (Fsp3) is 0.696. The van der Waals surface area contributed by atoms with Crippen molar-refractivity contribution >= 4 is 15.9 Å². The van der Waals surface area contributed by atoms with Crippen LogP contribution in [0, 0.1) is 5.92 Å². The van der Waals surface area contributed by atoms with Crippen LogP contribution in [-0.4, -0.2) is 61.3 Å². The van der Waals surface area contributed by atoms with Gasteiger partial charge in [0.15, 0.2) is 0 Å². The molecule has 3 rings (SSSR count). The van der Waals surface area contributed by atoms with E-state index in [0.717, 1.165) is 12.1 Å². The minimum absolute atomic E-state index is 0.0394. The number of carbonyl (C=O) groups excluding carboxylic acids is 1. The van der Waals surface area contributed by atoms with Crippen molar-refractivity contribution in [1.82, 2.24) is 14.5 Å². The van der Waals surface area contributed by atoms with Crippen LogP contribution in [0.5, 0.6) is 0 Å². The van der Waals surface area contributed by atoms with Gasteiger partial charge in [0.2, 0.25) is 15.9 Å². The summed E-state index contributed by atoms with van der Waals surface area (Å²) < 4.78 is 67.9. The second-order valence-electron chi connectivity index (χ2n) is 9.41. The van der Waals surface area contributed by atoms with Gasteiger partial charge in [0.05, 0.1) is 16.5 Å². The van der Waals surface area contributed by atoms with E-state index in [1.807, 2.05) is 20.8 Å². The lowest BCUT2D eigenvalue weighted by Crippen LogP contribution is -2.56. The van der Waals surface area contributed by atoms with Gasteiger partial charge in [-0.15, -0.1) is 0 Å². The Morgan fingerprint density at radius 3 is 2.48 bits per heavy atom. The van der Waals surface area contributed by atoms with Crippen molar-refractivity contribution in [2.75, 3.05) is 19.6 Å². The SMILES string of the molecule is CCNC(CC(C)C)C(=O)N1CCCC(N(C2CC2)S(=O)(=O)c2cccc(C(F)(F)F)c2)C1. The quantitative estimate of drug-likeness (QED) is 0.572. The van der Waals surface area contributed by atoms with Gasteiger partial charge in [-0.1, -0.05) is 26.8 Å². The lowest BCUT2D eigenvalue weighted by Gasteiger charge is -2.40. The van der Waals surface area contributed by atoms with Crippen LogP contribution in [0.15, 0.2) is 29.2 Å². The predicted octanol–water partition coefficient (Wildman–Crippen LogP) is 3.87. The highest BCUT2D eigenvalue weighted by molar-refractivity contribution is 7.89. The molecule has 1 heterocycles. The Balaban J connectivity index is 1.84. The third kappa shape index (κ3) is 6.27. The molecule has 1 amide bonds. The van der Waals surface area contributed by atoms with Gasteiger partial charge < -0.3 is 10.2 Å². The molecule has 2 fully saturated rings. The smallest absolute Gasteiger partial charge is 0.340 e. The molecule has 1 aliphatic heterocycles. The standard InChI is InChI=1S/C23H34F3N3O3S/c1-4-27-21(13-16(2)3)22(30)28-12-6-8-19(15-28)29(18-10-11-18)33(31,32)20-9-5-7-17(14-20)23(24,25)26/h5,7,9,14,16,18-19,21,27H,4,6,8,10-13,15H2,1-3H3. The van der Waals surface area contributed by atoms with Crippen molar-refractivity contribution in [3.63, 3.8) is 0 Å². The number of hydrogen-bond acceptors (Lipinski definition) is 4. The molecular weight excluding hydrogens is 455 g/mol. The van der Waals surface area contributed by atoms with Crippen LogP contribution < -0.4 is 5.32 Å². The molecule has 0 spiro atoms. The molecule has 1 saturated carbocycles. The van der Waals surface area contributed by atoms with Crippen molar-refractivity contribution < 1.29 is 26.4 Å². The van der Waals surface area contributed by atoms with Crippen LogP contribution in [0.1, 0.15) is 58.4 Å². The largest absolute Gasteiger partial charge is 0.416 e. The van der Waals surface area contributed by atoms with Crippen LogP contribution >= 0.6 is 0 Å². The fourth-order valence-corrected chi connectivity index (χ4v) is 6.48. The molecule has 0 bridgehead atoms. The minimum Gasteiger partial charge on any atom is -0.340 e. The number of likely N-dealkylation sites (N-methyl/N-ethyl adjacent to an activating group) is 1. The van der Waals surface area contributed by atoms with E-state index in [-0.39, 0.29) is 29.4 Å². The molecule has 1 N–H and O–H groups in total. The number of nitrogens with zero attached hydrogens (tertiary/aromatic N) is 2. The molecule has 0 aromatic heterocycles. The highest BCUT2D eigenvalue weighted by Crippen LogP contribution is 2.38. The topological polar surface area (TPSA) is 69.7 Å². The Bertz CT molecular complexity index is 932. The number of halogens is 3. The molecule has 6 nitrogen and oxygen atoms in total. The number of alkyl halides is 3. The molecular formula is C23H34F3N3O3S. The summed E-state index contributed by atoms with van der Waals surface area (Å²) in [6.45, 7) is 7.50. The van der Waals surface area contributed by atoms with E-state index < -0.39 is 27.8 Å². The predicted molar refractivity (Wildman–Crippen MR) is 120 cm³/mol. The molecule has 2 aliphatic rings. The number of amides is 1. The lowest BCUT2D eigenvalue weighted by atomic mass is 10.00. The Morgan fingerprint density at radius 2 is 1.91 bits per heavy atom. The average Bonchev–Trinajstić information content (AvgIpc) is 3.57. The van der Waals surface area contributed by atoms with Crippen molar-refractivity contribution in [2.45, 2.75) is 82.1 Å². The molecule has 33 heavy (non-hydrogen) atoms. The van der Waals surface area contributed by atoms with Crippen LogP contribution in [0.2, 0.25) is 0 Å². The number of nitrogens with one attached hydrogen (secondary N) is 1. The van der Waals surface area contributed by atoms with E-state index >= 15 is 0 Å². The zero-order valence-corrected chi connectivity index (χ0v) is 20.3. The van der Waals surface area contributed by atoms with Crippen LogP contribution in [-0.2, 0) is 21.0 Å².